The van der Waals surface area contributed by atoms with Crippen LogP contribution in [0.3, 0.4) is 0 Å². The molecule has 1 atom stereocenters. The SMILES string of the molecule is C#CCN(CC(=O)O)C(=O)NC(C)c1ccc(Cl)s1. The molecule has 1 heterocycles. The van der Waals surface area contributed by atoms with Crippen LogP contribution in [0.15, 0.2) is 12.1 Å². The van der Waals surface area contributed by atoms with Gasteiger partial charge in [-0.15, -0.1) is 17.8 Å². The van der Waals surface area contributed by atoms with E-state index in [2.05, 4.69) is 11.2 Å². The average molecular weight is 301 g/mol. The van der Waals surface area contributed by atoms with E-state index in [1.807, 2.05) is 0 Å². The summed E-state index contributed by atoms with van der Waals surface area (Å²) in [6.07, 6.45) is 5.11. The lowest BCUT2D eigenvalue weighted by atomic mass is 10.3. The summed E-state index contributed by atoms with van der Waals surface area (Å²) in [5, 5.41) is 11.4. The maximum Gasteiger partial charge on any atom is 0.323 e. The monoisotopic (exact) mass is 300 g/mol. The van der Waals surface area contributed by atoms with Crippen LogP contribution in [0.2, 0.25) is 4.34 Å². The van der Waals surface area contributed by atoms with Gasteiger partial charge in [0.05, 0.1) is 16.9 Å². The molecule has 0 spiro atoms. The average Bonchev–Trinajstić information content (AvgIpc) is 2.74. The molecule has 1 unspecified atom stereocenters. The van der Waals surface area contributed by atoms with Crippen LogP contribution in [0.5, 0.6) is 0 Å². The van der Waals surface area contributed by atoms with Crippen LogP contribution in [0.25, 0.3) is 0 Å². The van der Waals surface area contributed by atoms with E-state index in [1.54, 1.807) is 19.1 Å². The Hall–Kier alpha value is -1.71. The maximum absolute atomic E-state index is 11.9. The number of carboxylic acid groups (broad SMARTS) is 1. The first-order valence-electron chi connectivity index (χ1n) is 5.40. The predicted molar refractivity (Wildman–Crippen MR) is 74.3 cm³/mol. The van der Waals surface area contributed by atoms with Gasteiger partial charge in [0, 0.05) is 4.88 Å². The Morgan fingerprint density at radius 3 is 2.79 bits per heavy atom. The summed E-state index contributed by atoms with van der Waals surface area (Å²) in [7, 11) is 0. The van der Waals surface area contributed by atoms with Gasteiger partial charge in [-0.25, -0.2) is 4.79 Å². The largest absolute Gasteiger partial charge is 0.480 e. The summed E-state index contributed by atoms with van der Waals surface area (Å²) >= 11 is 7.17. The molecule has 0 fully saturated rings. The summed E-state index contributed by atoms with van der Waals surface area (Å²) in [6.45, 7) is 1.29. The zero-order valence-corrected chi connectivity index (χ0v) is 11.8. The summed E-state index contributed by atoms with van der Waals surface area (Å²) in [4.78, 5) is 24.5. The van der Waals surface area contributed by atoms with E-state index in [1.165, 1.54) is 11.3 Å². The minimum atomic E-state index is -1.11. The zero-order valence-electron chi connectivity index (χ0n) is 10.2. The highest BCUT2D eigenvalue weighted by atomic mass is 35.5. The number of hydrogen-bond donors (Lipinski definition) is 2. The molecule has 2 amide bonds. The second-order valence-electron chi connectivity index (χ2n) is 3.77. The Kier molecular flexibility index (Phi) is 5.67. The standard InChI is InChI=1S/C12H13ClN2O3S/c1-3-6-15(7-11(16)17)12(18)14-8(2)9-4-5-10(13)19-9/h1,4-5,8H,6-7H2,2H3,(H,14,18)(H,16,17). The Morgan fingerprint density at radius 2 is 2.32 bits per heavy atom. The number of carboxylic acids is 1. The number of thiophene rings is 1. The van der Waals surface area contributed by atoms with Crippen LogP contribution >= 0.6 is 22.9 Å². The van der Waals surface area contributed by atoms with Crippen molar-refractivity contribution in [3.63, 3.8) is 0 Å². The van der Waals surface area contributed by atoms with Crippen LogP contribution in [0.4, 0.5) is 4.79 Å². The van der Waals surface area contributed by atoms with E-state index in [-0.39, 0.29) is 12.6 Å². The number of hydrogen-bond acceptors (Lipinski definition) is 3. The number of nitrogens with zero attached hydrogens (tertiary/aromatic N) is 1. The third kappa shape index (κ3) is 4.81. The van der Waals surface area contributed by atoms with Crippen molar-refractivity contribution >= 4 is 34.9 Å². The third-order valence-electron chi connectivity index (χ3n) is 2.26. The van der Waals surface area contributed by atoms with Crippen molar-refractivity contribution in [2.45, 2.75) is 13.0 Å². The number of aliphatic carboxylic acids is 1. The van der Waals surface area contributed by atoms with E-state index in [4.69, 9.17) is 23.1 Å². The van der Waals surface area contributed by atoms with E-state index < -0.39 is 18.5 Å². The number of rotatable bonds is 5. The van der Waals surface area contributed by atoms with Gasteiger partial charge in [-0.3, -0.25) is 4.79 Å². The zero-order chi connectivity index (χ0) is 14.4. The molecule has 1 rings (SSSR count). The number of carbonyl (C=O) groups excluding carboxylic acids is 1. The minimum Gasteiger partial charge on any atom is -0.480 e. The highest BCUT2D eigenvalue weighted by molar-refractivity contribution is 7.16. The van der Waals surface area contributed by atoms with Gasteiger partial charge in [0.1, 0.15) is 6.54 Å². The van der Waals surface area contributed by atoms with Crippen LogP contribution in [-0.4, -0.2) is 35.1 Å². The van der Waals surface area contributed by atoms with E-state index in [0.717, 1.165) is 9.78 Å². The number of urea groups is 1. The molecule has 0 bridgehead atoms. The Balaban J connectivity index is 2.65. The van der Waals surface area contributed by atoms with Crippen LogP contribution in [-0.2, 0) is 4.79 Å². The number of terminal acetylenes is 1. The Labute approximate surface area is 120 Å². The van der Waals surface area contributed by atoms with Crippen LogP contribution in [0.1, 0.15) is 17.8 Å². The van der Waals surface area contributed by atoms with Gasteiger partial charge in [-0.1, -0.05) is 17.5 Å². The fourth-order valence-corrected chi connectivity index (χ4v) is 2.44. The molecule has 102 valence electrons. The number of amides is 2. The second kappa shape index (κ2) is 7.02. The molecule has 5 nitrogen and oxygen atoms in total. The molecular formula is C12H13ClN2O3S. The molecule has 7 heteroatoms. The van der Waals surface area contributed by atoms with Crippen molar-refractivity contribution in [2.75, 3.05) is 13.1 Å². The topological polar surface area (TPSA) is 69.6 Å². The summed E-state index contributed by atoms with van der Waals surface area (Å²) in [5.41, 5.74) is 0. The molecule has 1 aromatic heterocycles. The quantitative estimate of drug-likeness (QED) is 0.819. The van der Waals surface area contributed by atoms with E-state index in [0.29, 0.717) is 4.34 Å². The Morgan fingerprint density at radius 1 is 1.63 bits per heavy atom. The molecular weight excluding hydrogens is 288 g/mol. The predicted octanol–water partition coefficient (Wildman–Crippen LogP) is 2.19. The first-order chi connectivity index (χ1) is 8.93. The van der Waals surface area contributed by atoms with E-state index >= 15 is 0 Å². The van der Waals surface area contributed by atoms with Crippen molar-refractivity contribution in [1.29, 1.82) is 0 Å². The second-order valence-corrected chi connectivity index (χ2v) is 5.51. The van der Waals surface area contributed by atoms with Gasteiger partial charge >= 0.3 is 12.0 Å². The molecule has 0 aliphatic heterocycles. The van der Waals surface area contributed by atoms with Gasteiger partial charge in [-0.2, -0.15) is 0 Å². The molecule has 0 saturated heterocycles. The molecule has 2 N–H and O–H groups in total. The van der Waals surface area contributed by atoms with Gasteiger partial charge in [0.2, 0.25) is 0 Å². The fraction of sp³-hybridized carbons (Fsp3) is 0.333. The smallest absolute Gasteiger partial charge is 0.323 e. The van der Waals surface area contributed by atoms with Crippen molar-refractivity contribution in [3.05, 3.63) is 21.3 Å². The minimum absolute atomic E-state index is 0.0595. The number of carbonyl (C=O) groups is 2. The van der Waals surface area contributed by atoms with Crippen LogP contribution in [0, 0.1) is 12.3 Å². The van der Waals surface area contributed by atoms with Gasteiger partial charge < -0.3 is 15.3 Å². The number of nitrogens with one attached hydrogen (secondary N) is 1. The first kappa shape index (κ1) is 15.3. The van der Waals surface area contributed by atoms with Crippen LogP contribution < -0.4 is 5.32 Å². The molecule has 0 radical (unpaired) electrons. The number of halogens is 1. The van der Waals surface area contributed by atoms with E-state index in [9.17, 15) is 9.59 Å². The lowest BCUT2D eigenvalue weighted by Crippen LogP contribution is -2.43. The highest BCUT2D eigenvalue weighted by Crippen LogP contribution is 2.26. The lowest BCUT2D eigenvalue weighted by Gasteiger charge is -2.21. The van der Waals surface area contributed by atoms with Gasteiger partial charge in [-0.05, 0) is 19.1 Å². The molecule has 1 aromatic rings. The van der Waals surface area contributed by atoms with Gasteiger partial charge in [0.25, 0.3) is 0 Å². The van der Waals surface area contributed by atoms with Gasteiger partial charge in [0.15, 0.2) is 0 Å². The maximum atomic E-state index is 11.9. The Bertz CT molecular complexity index is 509. The third-order valence-corrected chi connectivity index (χ3v) is 3.67. The lowest BCUT2D eigenvalue weighted by molar-refractivity contribution is -0.137. The van der Waals surface area contributed by atoms with Crippen molar-refractivity contribution in [2.24, 2.45) is 0 Å². The fourth-order valence-electron chi connectivity index (χ4n) is 1.38. The van der Waals surface area contributed by atoms with Crippen molar-refractivity contribution in [3.8, 4) is 12.3 Å². The van der Waals surface area contributed by atoms with Crippen molar-refractivity contribution in [1.82, 2.24) is 10.2 Å². The van der Waals surface area contributed by atoms with Crippen molar-refractivity contribution < 1.29 is 14.7 Å². The first-order valence-corrected chi connectivity index (χ1v) is 6.59. The highest BCUT2D eigenvalue weighted by Gasteiger charge is 2.18. The molecule has 0 saturated carbocycles. The normalized spacial score (nSPS) is 11.4. The summed E-state index contributed by atoms with van der Waals surface area (Å²) < 4.78 is 0.627. The summed E-state index contributed by atoms with van der Waals surface area (Å²) in [5.74, 6) is 1.14. The molecule has 0 aliphatic carbocycles. The molecule has 0 aromatic carbocycles. The summed E-state index contributed by atoms with van der Waals surface area (Å²) in [6, 6.07) is 2.76. The molecule has 19 heavy (non-hydrogen) atoms. The molecule has 0 aliphatic rings.